The number of carbonyl (C=O) groups is 1. The van der Waals surface area contributed by atoms with Crippen LogP contribution in [-0.2, 0) is 16.0 Å². The third-order valence-electron chi connectivity index (χ3n) is 5.67. The highest BCUT2D eigenvalue weighted by Crippen LogP contribution is 2.38. The van der Waals surface area contributed by atoms with E-state index in [1.165, 1.54) is 24.0 Å². The lowest BCUT2D eigenvalue weighted by molar-refractivity contribution is -0.137. The van der Waals surface area contributed by atoms with Crippen molar-refractivity contribution in [2.45, 2.75) is 42.4 Å². The third kappa shape index (κ3) is 5.42. The molecule has 0 bridgehead atoms. The number of carbonyl (C=O) groups excluding carboxylic acids is 1. The fourth-order valence-electron chi connectivity index (χ4n) is 3.57. The van der Waals surface area contributed by atoms with Gasteiger partial charge in [0.25, 0.3) is 21.7 Å². The summed E-state index contributed by atoms with van der Waals surface area (Å²) in [6.45, 7) is 1.55. The van der Waals surface area contributed by atoms with Gasteiger partial charge in [-0.1, -0.05) is 0 Å². The number of hydrogen-bond donors (Lipinski definition) is 0. The molecule has 2 heterocycles. The van der Waals surface area contributed by atoms with Crippen LogP contribution in [0.1, 0.15) is 47.6 Å². The van der Waals surface area contributed by atoms with Gasteiger partial charge in [-0.25, -0.2) is 23.4 Å². The van der Waals surface area contributed by atoms with Gasteiger partial charge < -0.3 is 4.90 Å². The Kier molecular flexibility index (Phi) is 6.73. The number of alkyl halides is 6. The first-order chi connectivity index (χ1) is 17.2. The Labute approximate surface area is 206 Å². The minimum Gasteiger partial charge on any atom is -0.328 e. The second kappa shape index (κ2) is 9.39. The summed E-state index contributed by atoms with van der Waals surface area (Å²) < 4.78 is 105. The van der Waals surface area contributed by atoms with E-state index in [0.717, 1.165) is 24.1 Å². The number of amides is 1. The van der Waals surface area contributed by atoms with Crippen molar-refractivity contribution in [3.63, 3.8) is 0 Å². The zero-order chi connectivity index (χ0) is 27.2. The minimum atomic E-state index is -6.17. The van der Waals surface area contributed by atoms with Gasteiger partial charge in [0.15, 0.2) is 5.82 Å². The van der Waals surface area contributed by atoms with E-state index in [1.807, 2.05) is 0 Å². The van der Waals surface area contributed by atoms with Crippen LogP contribution in [0.4, 0.5) is 26.3 Å². The molecule has 3 aromatic rings. The van der Waals surface area contributed by atoms with Crippen LogP contribution < -0.4 is 0 Å². The largest absolute Gasteiger partial charge is 0.501 e. The van der Waals surface area contributed by atoms with Gasteiger partial charge in [-0.2, -0.15) is 36.1 Å². The SMILES string of the molecule is CC(c1ncnn1-c1ncccn1)N(CC1CC1)C(=O)c1cc(C(F)(F)F)cc(S(=O)(=O)C(F)(F)F)c1. The second-order valence-corrected chi connectivity index (χ2v) is 10.3. The quantitative estimate of drug-likeness (QED) is 0.411. The van der Waals surface area contributed by atoms with Crippen molar-refractivity contribution in [2.24, 2.45) is 5.92 Å². The van der Waals surface area contributed by atoms with Crippen LogP contribution >= 0.6 is 0 Å². The van der Waals surface area contributed by atoms with E-state index in [0.29, 0.717) is 12.1 Å². The van der Waals surface area contributed by atoms with Crippen molar-refractivity contribution < 1.29 is 39.6 Å². The van der Waals surface area contributed by atoms with Crippen molar-refractivity contribution in [2.75, 3.05) is 6.54 Å². The van der Waals surface area contributed by atoms with Crippen LogP contribution in [0, 0.1) is 5.92 Å². The van der Waals surface area contributed by atoms with E-state index in [2.05, 4.69) is 20.1 Å². The Bertz CT molecular complexity index is 1400. The zero-order valence-electron chi connectivity index (χ0n) is 18.9. The molecular formula is C21H18F6N6O3S. The molecule has 1 saturated carbocycles. The molecule has 4 rings (SSSR count). The van der Waals surface area contributed by atoms with Gasteiger partial charge in [-0.15, -0.1) is 0 Å². The van der Waals surface area contributed by atoms with Crippen LogP contribution in [-0.4, -0.2) is 56.0 Å². The second-order valence-electron chi connectivity index (χ2n) is 8.35. The summed E-state index contributed by atoms with van der Waals surface area (Å²) in [4.78, 5) is 25.1. The molecule has 0 saturated heterocycles. The van der Waals surface area contributed by atoms with Gasteiger partial charge in [-0.05, 0) is 49.9 Å². The molecule has 1 aliphatic rings. The van der Waals surface area contributed by atoms with Crippen LogP contribution in [0.5, 0.6) is 0 Å². The maximum Gasteiger partial charge on any atom is 0.501 e. The summed E-state index contributed by atoms with van der Waals surface area (Å²) in [6, 6.07) is 1.09. The summed E-state index contributed by atoms with van der Waals surface area (Å²) in [5.74, 6) is -0.874. The average Bonchev–Trinajstić information content (AvgIpc) is 3.53. The predicted octanol–water partition coefficient (Wildman–Crippen LogP) is 3.98. The van der Waals surface area contributed by atoms with Gasteiger partial charge >= 0.3 is 11.7 Å². The van der Waals surface area contributed by atoms with Crippen LogP contribution in [0.25, 0.3) is 5.95 Å². The fraction of sp³-hybridized carbons (Fsp3) is 0.381. The highest BCUT2D eigenvalue weighted by molar-refractivity contribution is 7.92. The summed E-state index contributed by atoms with van der Waals surface area (Å²) in [6.07, 6.45) is 0.237. The molecule has 37 heavy (non-hydrogen) atoms. The maximum atomic E-state index is 13.5. The number of hydrogen-bond acceptors (Lipinski definition) is 7. The molecule has 16 heteroatoms. The van der Waals surface area contributed by atoms with Crippen molar-refractivity contribution in [1.29, 1.82) is 0 Å². The molecule has 1 unspecified atom stereocenters. The molecule has 0 N–H and O–H groups in total. The van der Waals surface area contributed by atoms with Crippen LogP contribution in [0.2, 0.25) is 0 Å². The molecule has 0 radical (unpaired) electrons. The van der Waals surface area contributed by atoms with E-state index in [4.69, 9.17) is 0 Å². The molecule has 0 spiro atoms. The summed E-state index contributed by atoms with van der Waals surface area (Å²) >= 11 is 0. The summed E-state index contributed by atoms with van der Waals surface area (Å²) in [7, 11) is -6.17. The normalized spacial score (nSPS) is 15.4. The molecule has 198 valence electrons. The number of rotatable bonds is 7. The predicted molar refractivity (Wildman–Crippen MR) is 114 cm³/mol. The highest BCUT2D eigenvalue weighted by Gasteiger charge is 2.48. The number of nitrogens with zero attached hydrogens (tertiary/aromatic N) is 6. The molecule has 1 amide bonds. The van der Waals surface area contributed by atoms with Crippen molar-refractivity contribution in [3.05, 3.63) is 59.9 Å². The number of sulfone groups is 1. The first kappa shape index (κ1) is 26.5. The maximum absolute atomic E-state index is 13.5. The number of halogens is 6. The first-order valence-corrected chi connectivity index (χ1v) is 12.2. The Balaban J connectivity index is 1.80. The third-order valence-corrected chi connectivity index (χ3v) is 7.13. The van der Waals surface area contributed by atoms with Gasteiger partial charge in [0.2, 0.25) is 0 Å². The lowest BCUT2D eigenvalue weighted by Gasteiger charge is -2.29. The molecule has 9 nitrogen and oxygen atoms in total. The van der Waals surface area contributed by atoms with Gasteiger partial charge in [0, 0.05) is 24.5 Å². The molecule has 1 atom stereocenters. The van der Waals surface area contributed by atoms with E-state index in [1.54, 1.807) is 6.07 Å². The lowest BCUT2D eigenvalue weighted by Crippen LogP contribution is -2.37. The van der Waals surface area contributed by atoms with Gasteiger partial charge in [-0.3, -0.25) is 4.79 Å². The molecule has 1 aromatic carbocycles. The summed E-state index contributed by atoms with van der Waals surface area (Å²) in [5.41, 5.74) is -8.45. The zero-order valence-corrected chi connectivity index (χ0v) is 19.7. The smallest absolute Gasteiger partial charge is 0.328 e. The molecule has 2 aromatic heterocycles. The first-order valence-electron chi connectivity index (χ1n) is 10.7. The number of aromatic nitrogens is 5. The molecule has 1 aliphatic carbocycles. The van der Waals surface area contributed by atoms with E-state index in [9.17, 15) is 39.6 Å². The molecule has 0 aliphatic heterocycles. The molecular weight excluding hydrogens is 530 g/mol. The van der Waals surface area contributed by atoms with E-state index in [-0.39, 0.29) is 30.3 Å². The van der Waals surface area contributed by atoms with Gasteiger partial charge in [0.1, 0.15) is 6.33 Å². The van der Waals surface area contributed by atoms with Crippen LogP contribution in [0.15, 0.2) is 47.9 Å². The van der Waals surface area contributed by atoms with E-state index < -0.39 is 49.5 Å². The fourth-order valence-corrected chi connectivity index (χ4v) is 4.40. The van der Waals surface area contributed by atoms with Crippen molar-refractivity contribution >= 4 is 15.7 Å². The molecule has 1 fully saturated rings. The summed E-state index contributed by atoms with van der Waals surface area (Å²) in [5, 5.41) is 4.03. The monoisotopic (exact) mass is 548 g/mol. The topological polar surface area (TPSA) is 111 Å². The lowest BCUT2D eigenvalue weighted by atomic mass is 10.1. The van der Waals surface area contributed by atoms with Crippen molar-refractivity contribution in [3.8, 4) is 5.95 Å². The highest BCUT2D eigenvalue weighted by atomic mass is 32.2. The average molecular weight is 548 g/mol. The van der Waals surface area contributed by atoms with Crippen molar-refractivity contribution in [1.82, 2.24) is 29.6 Å². The Morgan fingerprint density at radius 3 is 2.30 bits per heavy atom. The Morgan fingerprint density at radius 1 is 1.08 bits per heavy atom. The van der Waals surface area contributed by atoms with Crippen LogP contribution in [0.3, 0.4) is 0 Å². The minimum absolute atomic E-state index is 0.0000707. The van der Waals surface area contributed by atoms with E-state index >= 15 is 0 Å². The number of benzene rings is 1. The Morgan fingerprint density at radius 2 is 1.73 bits per heavy atom. The standard InChI is InChI=1S/C21H18F6N6O3S/c1-12(17-30-11-31-33(17)19-28-5-2-6-29-19)32(10-13-3-4-13)18(34)14-7-15(20(22,23)24)9-16(8-14)37(35,36)21(25,26)27/h2,5-9,11-13H,3-4,10H2,1H3. The Hall–Kier alpha value is -3.56. The van der Waals surface area contributed by atoms with Gasteiger partial charge in [0.05, 0.1) is 16.5 Å².